The summed E-state index contributed by atoms with van der Waals surface area (Å²) in [6.07, 6.45) is 0. The Morgan fingerprint density at radius 2 is 1.81 bits per heavy atom. The van der Waals surface area contributed by atoms with Crippen LogP contribution < -0.4 is 16.0 Å². The van der Waals surface area contributed by atoms with Gasteiger partial charge >= 0.3 is 5.69 Å². The number of rotatable bonds is 5. The lowest BCUT2D eigenvalue weighted by atomic mass is 10.2. The van der Waals surface area contributed by atoms with Gasteiger partial charge in [0.05, 0.1) is 25.7 Å². The Labute approximate surface area is 179 Å². The lowest BCUT2D eigenvalue weighted by Gasteiger charge is -2.08. The van der Waals surface area contributed by atoms with Gasteiger partial charge in [-0.1, -0.05) is 30.3 Å². The molecule has 2 aromatic carbocycles. The number of methoxy groups -OCH3 is 1. The molecule has 0 aliphatic carbocycles. The number of fused-ring (bicyclic) bond motifs is 3. The minimum atomic E-state index is -0.426. The average Bonchev–Trinajstić information content (AvgIpc) is 3.38. The molecule has 0 fully saturated rings. The van der Waals surface area contributed by atoms with Crippen LogP contribution in [0.15, 0.2) is 69.6 Å². The van der Waals surface area contributed by atoms with E-state index in [1.807, 2.05) is 24.3 Å². The van der Waals surface area contributed by atoms with E-state index >= 15 is 0 Å². The Bertz CT molecular complexity index is 1530. The molecule has 3 aromatic heterocycles. The van der Waals surface area contributed by atoms with Crippen molar-refractivity contribution in [1.82, 2.24) is 18.7 Å². The standard InChI is InChI=1S/C22H17FN4O3S/c1-30-16-8-6-14(7-9-16)12-25-20(28)19-18(10-11-31-19)27-21(25)24-26(22(27)29)13-15-4-2-3-5-17(15)23/h2-11H,12-13H2,1H3. The molecule has 0 atom stereocenters. The normalized spacial score (nSPS) is 11.4. The van der Waals surface area contributed by atoms with Gasteiger partial charge in [0.2, 0.25) is 5.78 Å². The van der Waals surface area contributed by atoms with Crippen LogP contribution in [0.2, 0.25) is 0 Å². The van der Waals surface area contributed by atoms with Crippen molar-refractivity contribution in [3.05, 3.63) is 97.8 Å². The molecule has 0 bridgehead atoms. The summed E-state index contributed by atoms with van der Waals surface area (Å²) in [6.45, 7) is 0.200. The van der Waals surface area contributed by atoms with E-state index in [4.69, 9.17) is 4.74 Å². The first-order valence-corrected chi connectivity index (χ1v) is 10.4. The molecule has 31 heavy (non-hydrogen) atoms. The highest BCUT2D eigenvalue weighted by Crippen LogP contribution is 2.19. The van der Waals surface area contributed by atoms with Gasteiger partial charge in [-0.3, -0.25) is 9.36 Å². The number of halogens is 1. The summed E-state index contributed by atoms with van der Waals surface area (Å²) in [7, 11) is 1.59. The van der Waals surface area contributed by atoms with Gasteiger partial charge in [0, 0.05) is 5.56 Å². The molecule has 0 aliphatic rings. The van der Waals surface area contributed by atoms with E-state index in [1.165, 1.54) is 31.1 Å². The van der Waals surface area contributed by atoms with Gasteiger partial charge in [0.25, 0.3) is 5.56 Å². The maximum atomic E-state index is 14.1. The number of nitrogens with zero attached hydrogens (tertiary/aromatic N) is 4. The molecule has 0 saturated heterocycles. The lowest BCUT2D eigenvalue weighted by Crippen LogP contribution is -2.26. The van der Waals surface area contributed by atoms with E-state index in [0.717, 1.165) is 5.56 Å². The number of benzene rings is 2. The van der Waals surface area contributed by atoms with Crippen molar-refractivity contribution in [2.24, 2.45) is 0 Å². The van der Waals surface area contributed by atoms with Crippen LogP contribution in [0, 0.1) is 5.82 Å². The van der Waals surface area contributed by atoms with Gasteiger partial charge in [0.15, 0.2) is 0 Å². The maximum absolute atomic E-state index is 14.1. The molecule has 0 radical (unpaired) electrons. The van der Waals surface area contributed by atoms with Crippen molar-refractivity contribution in [2.45, 2.75) is 13.1 Å². The third-order valence-electron chi connectivity index (χ3n) is 5.17. The molecule has 0 saturated carbocycles. The molecule has 156 valence electrons. The van der Waals surface area contributed by atoms with Crippen molar-refractivity contribution in [2.75, 3.05) is 7.11 Å². The van der Waals surface area contributed by atoms with Crippen molar-refractivity contribution in [1.29, 1.82) is 0 Å². The van der Waals surface area contributed by atoms with Crippen LogP contribution in [-0.4, -0.2) is 25.9 Å². The smallest absolute Gasteiger partial charge is 0.352 e. The molecule has 0 aliphatic heterocycles. The largest absolute Gasteiger partial charge is 0.497 e. The second kappa shape index (κ2) is 7.51. The second-order valence-corrected chi connectivity index (χ2v) is 7.96. The van der Waals surface area contributed by atoms with Crippen LogP contribution in [0.25, 0.3) is 16.0 Å². The van der Waals surface area contributed by atoms with Gasteiger partial charge in [0.1, 0.15) is 16.3 Å². The van der Waals surface area contributed by atoms with Crippen molar-refractivity contribution < 1.29 is 9.13 Å². The number of aromatic nitrogens is 4. The van der Waals surface area contributed by atoms with Crippen LogP contribution in [0.1, 0.15) is 11.1 Å². The molecule has 0 N–H and O–H groups in total. The monoisotopic (exact) mass is 436 g/mol. The fourth-order valence-electron chi connectivity index (χ4n) is 3.58. The Morgan fingerprint density at radius 1 is 1.03 bits per heavy atom. The summed E-state index contributed by atoms with van der Waals surface area (Å²) >= 11 is 1.27. The van der Waals surface area contributed by atoms with Gasteiger partial charge in [-0.15, -0.1) is 16.4 Å². The minimum Gasteiger partial charge on any atom is -0.497 e. The summed E-state index contributed by atoms with van der Waals surface area (Å²) < 4.78 is 23.9. The van der Waals surface area contributed by atoms with E-state index in [-0.39, 0.29) is 24.4 Å². The predicted octanol–water partition coefficient (Wildman–Crippen LogP) is 3.12. The van der Waals surface area contributed by atoms with Crippen LogP contribution in [-0.2, 0) is 13.1 Å². The fraction of sp³-hybridized carbons (Fsp3) is 0.136. The van der Waals surface area contributed by atoms with Gasteiger partial charge in [-0.05, 0) is 35.2 Å². The second-order valence-electron chi connectivity index (χ2n) is 7.04. The van der Waals surface area contributed by atoms with E-state index in [1.54, 1.807) is 36.8 Å². The number of ether oxygens (including phenoxy) is 1. The summed E-state index contributed by atoms with van der Waals surface area (Å²) in [4.78, 5) is 26.4. The summed E-state index contributed by atoms with van der Waals surface area (Å²) in [5.74, 6) is 0.510. The molecule has 0 amide bonds. The van der Waals surface area contributed by atoms with E-state index < -0.39 is 11.5 Å². The fourth-order valence-corrected chi connectivity index (χ4v) is 4.41. The zero-order valence-electron chi connectivity index (χ0n) is 16.5. The van der Waals surface area contributed by atoms with E-state index in [0.29, 0.717) is 21.5 Å². The topological polar surface area (TPSA) is 70.5 Å². The molecule has 0 spiro atoms. The summed E-state index contributed by atoms with van der Waals surface area (Å²) in [5, 5.41) is 6.18. The lowest BCUT2D eigenvalue weighted by molar-refractivity contribution is 0.414. The Kier molecular flexibility index (Phi) is 4.67. The van der Waals surface area contributed by atoms with Crippen LogP contribution in [0.3, 0.4) is 0 Å². The minimum absolute atomic E-state index is 0.0322. The summed E-state index contributed by atoms with van der Waals surface area (Å²) in [6, 6.07) is 15.3. The van der Waals surface area contributed by atoms with Gasteiger partial charge in [-0.2, -0.15) is 0 Å². The molecular weight excluding hydrogens is 419 g/mol. The third kappa shape index (κ3) is 3.23. The third-order valence-corrected chi connectivity index (χ3v) is 6.06. The van der Waals surface area contributed by atoms with E-state index in [2.05, 4.69) is 5.10 Å². The quantitative estimate of drug-likeness (QED) is 0.425. The Balaban J connectivity index is 1.70. The molecular formula is C22H17FN4O3S. The highest BCUT2D eigenvalue weighted by molar-refractivity contribution is 7.17. The number of hydrogen-bond acceptors (Lipinski definition) is 5. The molecule has 5 aromatic rings. The molecule has 0 unspecified atom stereocenters. The Morgan fingerprint density at radius 3 is 2.55 bits per heavy atom. The van der Waals surface area contributed by atoms with E-state index in [9.17, 15) is 14.0 Å². The predicted molar refractivity (Wildman–Crippen MR) is 117 cm³/mol. The first-order valence-electron chi connectivity index (χ1n) is 9.52. The Hall–Kier alpha value is -3.72. The molecule has 7 nitrogen and oxygen atoms in total. The van der Waals surface area contributed by atoms with Gasteiger partial charge in [-0.25, -0.2) is 18.3 Å². The van der Waals surface area contributed by atoms with Crippen molar-refractivity contribution in [3.8, 4) is 5.75 Å². The summed E-state index contributed by atoms with van der Waals surface area (Å²) in [5.41, 5.74) is 1.05. The molecule has 5 rings (SSSR count). The van der Waals surface area contributed by atoms with Crippen molar-refractivity contribution >= 4 is 27.3 Å². The number of thiophene rings is 1. The van der Waals surface area contributed by atoms with Crippen molar-refractivity contribution in [3.63, 3.8) is 0 Å². The zero-order valence-corrected chi connectivity index (χ0v) is 17.3. The zero-order chi connectivity index (χ0) is 21.5. The van der Waals surface area contributed by atoms with Crippen LogP contribution in [0.5, 0.6) is 5.75 Å². The molecule has 3 heterocycles. The molecule has 9 heteroatoms. The number of hydrogen-bond donors (Lipinski definition) is 0. The SMILES string of the molecule is COc1ccc(Cn2c(=O)c3sccc3n3c(=O)n(Cc4ccccc4F)nc23)cc1. The van der Waals surface area contributed by atoms with Crippen LogP contribution >= 0.6 is 11.3 Å². The van der Waals surface area contributed by atoms with Crippen LogP contribution in [0.4, 0.5) is 4.39 Å². The average molecular weight is 436 g/mol. The van der Waals surface area contributed by atoms with Gasteiger partial charge < -0.3 is 4.74 Å². The maximum Gasteiger partial charge on any atom is 0.352 e. The first kappa shape index (κ1) is 19.3. The highest BCUT2D eigenvalue weighted by atomic mass is 32.1. The highest BCUT2D eigenvalue weighted by Gasteiger charge is 2.19. The first-order chi connectivity index (χ1) is 15.1.